The van der Waals surface area contributed by atoms with Crippen molar-refractivity contribution in [3.63, 3.8) is 0 Å². The first-order valence-electron chi connectivity index (χ1n) is 6.23. The zero-order valence-corrected chi connectivity index (χ0v) is 10.8. The van der Waals surface area contributed by atoms with E-state index in [-0.39, 0.29) is 5.91 Å². The van der Waals surface area contributed by atoms with Crippen LogP contribution in [0.4, 0.5) is 0 Å². The summed E-state index contributed by atoms with van der Waals surface area (Å²) in [5.74, 6) is 0.719. The standard InChI is InChI=1S/C12H22ClNO2/c1-2-14(9-8-13)12(15)7-6-11-5-3-4-10-16-11/h11H,2-10H2,1H3. The Morgan fingerprint density at radius 1 is 1.50 bits per heavy atom. The number of hydrogen-bond acceptors (Lipinski definition) is 2. The number of rotatable bonds is 6. The molecule has 1 rings (SSSR count). The fourth-order valence-corrected chi connectivity index (χ4v) is 2.24. The Bertz CT molecular complexity index is 205. The lowest BCUT2D eigenvalue weighted by Gasteiger charge is -2.24. The van der Waals surface area contributed by atoms with Crippen molar-refractivity contribution in [1.29, 1.82) is 0 Å². The van der Waals surface area contributed by atoms with Crippen LogP contribution in [-0.4, -0.2) is 42.5 Å². The van der Waals surface area contributed by atoms with Gasteiger partial charge in [0.15, 0.2) is 0 Å². The number of amides is 1. The lowest BCUT2D eigenvalue weighted by Crippen LogP contribution is -2.33. The summed E-state index contributed by atoms with van der Waals surface area (Å²) in [5.41, 5.74) is 0. The van der Waals surface area contributed by atoms with E-state index in [0.717, 1.165) is 32.4 Å². The molecule has 0 spiro atoms. The number of ether oxygens (including phenoxy) is 1. The van der Waals surface area contributed by atoms with Crippen molar-refractivity contribution in [1.82, 2.24) is 4.90 Å². The van der Waals surface area contributed by atoms with E-state index in [1.54, 1.807) is 0 Å². The smallest absolute Gasteiger partial charge is 0.222 e. The van der Waals surface area contributed by atoms with Gasteiger partial charge in [0.05, 0.1) is 6.10 Å². The number of halogens is 1. The Morgan fingerprint density at radius 3 is 2.88 bits per heavy atom. The van der Waals surface area contributed by atoms with Crippen molar-refractivity contribution in [2.24, 2.45) is 0 Å². The van der Waals surface area contributed by atoms with Crippen LogP contribution in [0, 0.1) is 0 Å². The van der Waals surface area contributed by atoms with Gasteiger partial charge >= 0.3 is 0 Å². The molecule has 1 heterocycles. The second kappa shape index (κ2) is 7.91. The molecule has 0 bridgehead atoms. The lowest BCUT2D eigenvalue weighted by atomic mass is 10.0. The fraction of sp³-hybridized carbons (Fsp3) is 0.917. The van der Waals surface area contributed by atoms with Gasteiger partial charge in [0, 0.05) is 32.0 Å². The van der Waals surface area contributed by atoms with Gasteiger partial charge in [-0.2, -0.15) is 0 Å². The van der Waals surface area contributed by atoms with E-state index in [1.807, 2.05) is 11.8 Å². The molecule has 3 nitrogen and oxygen atoms in total. The summed E-state index contributed by atoms with van der Waals surface area (Å²) in [6.07, 6.45) is 5.25. The first-order chi connectivity index (χ1) is 7.77. The second-order valence-electron chi connectivity index (χ2n) is 4.19. The SMILES string of the molecule is CCN(CCCl)C(=O)CCC1CCCCO1. The summed E-state index contributed by atoms with van der Waals surface area (Å²) in [6, 6.07) is 0. The molecule has 1 saturated heterocycles. The molecule has 0 aromatic carbocycles. The summed E-state index contributed by atoms with van der Waals surface area (Å²) in [7, 11) is 0. The molecular weight excluding hydrogens is 226 g/mol. The molecule has 1 amide bonds. The largest absolute Gasteiger partial charge is 0.378 e. The van der Waals surface area contributed by atoms with Gasteiger partial charge in [0.2, 0.25) is 5.91 Å². The van der Waals surface area contributed by atoms with Crippen molar-refractivity contribution in [2.75, 3.05) is 25.6 Å². The predicted octanol–water partition coefficient (Wildman–Crippen LogP) is 2.42. The molecule has 0 aromatic heterocycles. The third kappa shape index (κ3) is 4.71. The number of carbonyl (C=O) groups excluding carboxylic acids is 1. The van der Waals surface area contributed by atoms with Gasteiger partial charge < -0.3 is 9.64 Å². The van der Waals surface area contributed by atoms with Gasteiger partial charge in [0.25, 0.3) is 0 Å². The molecule has 0 aliphatic carbocycles. The van der Waals surface area contributed by atoms with E-state index < -0.39 is 0 Å². The van der Waals surface area contributed by atoms with E-state index >= 15 is 0 Å². The Labute approximate surface area is 103 Å². The number of nitrogens with zero attached hydrogens (tertiary/aromatic N) is 1. The monoisotopic (exact) mass is 247 g/mol. The highest BCUT2D eigenvalue weighted by Gasteiger charge is 2.17. The summed E-state index contributed by atoms with van der Waals surface area (Å²) < 4.78 is 5.60. The van der Waals surface area contributed by atoms with Crippen LogP contribution in [0.1, 0.15) is 39.0 Å². The third-order valence-electron chi connectivity index (χ3n) is 3.04. The molecule has 1 aliphatic heterocycles. The summed E-state index contributed by atoms with van der Waals surface area (Å²) in [6.45, 7) is 4.25. The van der Waals surface area contributed by atoms with Crippen LogP contribution < -0.4 is 0 Å². The van der Waals surface area contributed by atoms with Crippen molar-refractivity contribution in [3.8, 4) is 0 Å². The predicted molar refractivity (Wildman–Crippen MR) is 65.8 cm³/mol. The molecule has 0 radical (unpaired) electrons. The zero-order chi connectivity index (χ0) is 11.8. The van der Waals surface area contributed by atoms with Gasteiger partial charge in [-0.05, 0) is 32.6 Å². The summed E-state index contributed by atoms with van der Waals surface area (Å²) >= 11 is 5.65. The average molecular weight is 248 g/mol. The van der Waals surface area contributed by atoms with Crippen molar-refractivity contribution in [2.45, 2.75) is 45.1 Å². The van der Waals surface area contributed by atoms with E-state index in [2.05, 4.69) is 0 Å². The highest BCUT2D eigenvalue weighted by atomic mass is 35.5. The molecule has 0 aromatic rings. The normalized spacial score (nSPS) is 20.8. The summed E-state index contributed by atoms with van der Waals surface area (Å²) in [5, 5.41) is 0. The molecule has 1 fully saturated rings. The van der Waals surface area contributed by atoms with Crippen molar-refractivity contribution < 1.29 is 9.53 Å². The van der Waals surface area contributed by atoms with Crippen LogP contribution in [0.3, 0.4) is 0 Å². The van der Waals surface area contributed by atoms with Crippen LogP contribution in [-0.2, 0) is 9.53 Å². The Hall–Kier alpha value is -0.280. The first kappa shape index (κ1) is 13.8. The van der Waals surface area contributed by atoms with Crippen LogP contribution in [0.2, 0.25) is 0 Å². The molecule has 0 N–H and O–H groups in total. The molecule has 0 saturated carbocycles. The quantitative estimate of drug-likeness (QED) is 0.675. The fourth-order valence-electron chi connectivity index (χ4n) is 2.04. The van der Waals surface area contributed by atoms with E-state index in [4.69, 9.17) is 16.3 Å². The van der Waals surface area contributed by atoms with Gasteiger partial charge in [-0.25, -0.2) is 0 Å². The third-order valence-corrected chi connectivity index (χ3v) is 3.21. The molecule has 16 heavy (non-hydrogen) atoms. The van der Waals surface area contributed by atoms with Gasteiger partial charge in [0.1, 0.15) is 0 Å². The van der Waals surface area contributed by atoms with Crippen molar-refractivity contribution in [3.05, 3.63) is 0 Å². The first-order valence-corrected chi connectivity index (χ1v) is 6.76. The molecule has 1 aliphatic rings. The maximum Gasteiger partial charge on any atom is 0.222 e. The molecule has 1 unspecified atom stereocenters. The summed E-state index contributed by atoms with van der Waals surface area (Å²) in [4.78, 5) is 13.6. The minimum Gasteiger partial charge on any atom is -0.378 e. The van der Waals surface area contributed by atoms with Gasteiger partial charge in [-0.3, -0.25) is 4.79 Å². The maximum absolute atomic E-state index is 11.8. The lowest BCUT2D eigenvalue weighted by molar-refractivity contribution is -0.131. The zero-order valence-electron chi connectivity index (χ0n) is 10.1. The Morgan fingerprint density at radius 2 is 2.31 bits per heavy atom. The van der Waals surface area contributed by atoms with Crippen LogP contribution >= 0.6 is 11.6 Å². The second-order valence-corrected chi connectivity index (χ2v) is 4.57. The number of hydrogen-bond donors (Lipinski definition) is 0. The number of alkyl halides is 1. The number of carbonyl (C=O) groups is 1. The molecule has 94 valence electrons. The van der Waals surface area contributed by atoms with E-state index in [0.29, 0.717) is 24.9 Å². The Kier molecular flexibility index (Phi) is 6.81. The van der Waals surface area contributed by atoms with Gasteiger partial charge in [-0.15, -0.1) is 11.6 Å². The topological polar surface area (TPSA) is 29.5 Å². The average Bonchev–Trinajstić information content (AvgIpc) is 2.34. The molecule has 4 heteroatoms. The van der Waals surface area contributed by atoms with E-state index in [1.165, 1.54) is 6.42 Å². The highest BCUT2D eigenvalue weighted by molar-refractivity contribution is 6.18. The minimum atomic E-state index is 0.206. The highest BCUT2D eigenvalue weighted by Crippen LogP contribution is 2.17. The molecular formula is C12H22ClNO2. The van der Waals surface area contributed by atoms with Crippen LogP contribution in [0.15, 0.2) is 0 Å². The van der Waals surface area contributed by atoms with Gasteiger partial charge in [-0.1, -0.05) is 0 Å². The molecule has 1 atom stereocenters. The van der Waals surface area contributed by atoms with E-state index in [9.17, 15) is 4.79 Å². The minimum absolute atomic E-state index is 0.206. The maximum atomic E-state index is 11.8. The van der Waals surface area contributed by atoms with Crippen molar-refractivity contribution >= 4 is 17.5 Å². The van der Waals surface area contributed by atoms with Crippen LogP contribution in [0.25, 0.3) is 0 Å². The van der Waals surface area contributed by atoms with Crippen LogP contribution in [0.5, 0.6) is 0 Å². The Balaban J connectivity index is 2.21.